The lowest BCUT2D eigenvalue weighted by molar-refractivity contribution is -0.286. The van der Waals surface area contributed by atoms with Crippen LogP contribution in [-0.2, 0) is 4.74 Å². The van der Waals surface area contributed by atoms with Crippen LogP contribution in [0.2, 0.25) is 0 Å². The Balaban J connectivity index is 0.000000196. The number of aliphatic hydroxyl groups excluding tert-OH is 5. The Morgan fingerprint density at radius 3 is 2.13 bits per heavy atom. The fourth-order valence-corrected chi connectivity index (χ4v) is 3.50. The highest BCUT2D eigenvalue weighted by molar-refractivity contribution is 6.30. The number of aliphatic hydroxyl groups is 5. The van der Waals surface area contributed by atoms with Gasteiger partial charge in [0.2, 0.25) is 5.78 Å². The maximum atomic E-state index is 12.3. The fraction of sp³-hybridized carbons (Fsp3) is 0.333. The van der Waals surface area contributed by atoms with Gasteiger partial charge in [0.05, 0.1) is 17.7 Å². The van der Waals surface area contributed by atoms with Gasteiger partial charge in [0.15, 0.2) is 12.1 Å². The SMILES string of the molecule is Cc1cc(O)c2c(c1)C(=O)c1cccc(O)c1C2=O.OC[C@H]1OC(O)[C@H](O)[C@@H](O)[C@@H]1O. The Morgan fingerprint density at radius 2 is 1.48 bits per heavy atom. The molecule has 10 heteroatoms. The maximum Gasteiger partial charge on any atom is 0.201 e. The van der Waals surface area contributed by atoms with E-state index in [2.05, 4.69) is 4.74 Å². The van der Waals surface area contributed by atoms with E-state index >= 15 is 0 Å². The number of carbonyl (C=O) groups excluding carboxylic acids is 2. The van der Waals surface area contributed by atoms with Gasteiger partial charge in [-0.1, -0.05) is 12.1 Å². The summed E-state index contributed by atoms with van der Waals surface area (Å²) >= 11 is 0. The van der Waals surface area contributed by atoms with Gasteiger partial charge in [-0.15, -0.1) is 0 Å². The van der Waals surface area contributed by atoms with Crippen LogP contribution >= 0.6 is 0 Å². The zero-order valence-corrected chi connectivity index (χ0v) is 16.3. The normalized spacial score (nSPS) is 27.1. The van der Waals surface area contributed by atoms with Crippen molar-refractivity contribution in [3.63, 3.8) is 0 Å². The minimum absolute atomic E-state index is 0.0374. The number of carbonyl (C=O) groups is 2. The third kappa shape index (κ3) is 4.04. The third-order valence-electron chi connectivity index (χ3n) is 5.11. The molecule has 0 bridgehead atoms. The number of ether oxygens (including phenoxy) is 1. The lowest BCUT2D eigenvalue weighted by Gasteiger charge is -2.37. The van der Waals surface area contributed by atoms with E-state index in [0.29, 0.717) is 5.56 Å². The summed E-state index contributed by atoms with van der Waals surface area (Å²) in [6, 6.07) is 7.36. The number of fused-ring (bicyclic) bond motifs is 2. The van der Waals surface area contributed by atoms with Gasteiger partial charge in [0.25, 0.3) is 0 Å². The second-order valence-corrected chi connectivity index (χ2v) is 7.28. The molecule has 1 heterocycles. The molecule has 2 aliphatic rings. The maximum absolute atomic E-state index is 12.3. The van der Waals surface area contributed by atoms with E-state index in [0.717, 1.165) is 0 Å². The van der Waals surface area contributed by atoms with Crippen molar-refractivity contribution in [1.29, 1.82) is 0 Å². The first kappa shape index (κ1) is 22.8. The Kier molecular flexibility index (Phi) is 6.41. The molecule has 1 aliphatic carbocycles. The average Bonchev–Trinajstić information content (AvgIpc) is 2.73. The minimum Gasteiger partial charge on any atom is -0.507 e. The molecule has 5 atom stereocenters. The number of phenolic OH excluding ortho intramolecular Hbond substituents is 2. The third-order valence-corrected chi connectivity index (χ3v) is 5.11. The van der Waals surface area contributed by atoms with Crippen molar-refractivity contribution < 1.29 is 50.1 Å². The number of hydrogen-bond acceptors (Lipinski definition) is 10. The van der Waals surface area contributed by atoms with Crippen LogP contribution in [-0.4, -0.2) is 84.6 Å². The predicted molar refractivity (Wildman–Crippen MR) is 104 cm³/mol. The summed E-state index contributed by atoms with van der Waals surface area (Å²) in [5.74, 6) is -1.37. The Bertz CT molecular complexity index is 1010. The molecule has 1 fully saturated rings. The fourth-order valence-electron chi connectivity index (χ4n) is 3.50. The molecule has 1 unspecified atom stereocenters. The highest BCUT2D eigenvalue weighted by Gasteiger charge is 2.42. The van der Waals surface area contributed by atoms with Crippen LogP contribution in [0.3, 0.4) is 0 Å². The van der Waals surface area contributed by atoms with Crippen molar-refractivity contribution in [1.82, 2.24) is 0 Å². The highest BCUT2D eigenvalue weighted by Crippen LogP contribution is 2.36. The van der Waals surface area contributed by atoms with Gasteiger partial charge in [0, 0.05) is 11.1 Å². The van der Waals surface area contributed by atoms with E-state index in [1.807, 2.05) is 0 Å². The lowest BCUT2D eigenvalue weighted by atomic mass is 9.82. The van der Waals surface area contributed by atoms with Crippen molar-refractivity contribution >= 4 is 11.6 Å². The quantitative estimate of drug-likeness (QED) is 0.249. The topological polar surface area (TPSA) is 185 Å². The molecule has 10 nitrogen and oxygen atoms in total. The largest absolute Gasteiger partial charge is 0.507 e. The molecule has 7 N–H and O–H groups in total. The van der Waals surface area contributed by atoms with Crippen LogP contribution in [0.4, 0.5) is 0 Å². The number of benzene rings is 2. The summed E-state index contributed by atoms with van der Waals surface area (Å²) in [5.41, 5.74) is 0.966. The van der Waals surface area contributed by atoms with E-state index in [1.54, 1.807) is 13.0 Å². The molecule has 2 aromatic rings. The molecule has 31 heavy (non-hydrogen) atoms. The molecule has 2 aromatic carbocycles. The Hall–Kier alpha value is -2.86. The molecule has 0 amide bonds. The number of rotatable bonds is 1. The second kappa shape index (κ2) is 8.71. The lowest BCUT2D eigenvalue weighted by Crippen LogP contribution is -2.58. The monoisotopic (exact) mass is 434 g/mol. The molecule has 1 aliphatic heterocycles. The summed E-state index contributed by atoms with van der Waals surface area (Å²) in [6.07, 6.45) is -7.04. The molecule has 0 radical (unpaired) electrons. The molecular formula is C21H22O10. The molecule has 0 saturated carbocycles. The van der Waals surface area contributed by atoms with Gasteiger partial charge in [0.1, 0.15) is 35.9 Å². The summed E-state index contributed by atoms with van der Waals surface area (Å²) in [7, 11) is 0. The van der Waals surface area contributed by atoms with Gasteiger partial charge in [-0.25, -0.2) is 0 Å². The van der Waals surface area contributed by atoms with Gasteiger partial charge < -0.3 is 40.5 Å². The molecule has 4 rings (SSSR count). The molecule has 0 spiro atoms. The standard InChI is InChI=1S/C15H10O4.C6H12O6/c1-7-5-9-13(11(17)6-7)15(19)12-8(14(9)18)3-2-4-10(12)16;7-1-2-3(8)4(9)5(10)6(11)12-2/h2-6,16-17H,1H3;2-11H,1H2/t;2-,3-,4+,5-,6?/m.1/s1. The van der Waals surface area contributed by atoms with E-state index in [-0.39, 0.29) is 39.5 Å². The van der Waals surface area contributed by atoms with E-state index in [1.165, 1.54) is 24.3 Å². The predicted octanol–water partition coefficient (Wildman–Crippen LogP) is -1.04. The van der Waals surface area contributed by atoms with Crippen LogP contribution in [0.1, 0.15) is 37.4 Å². The first-order chi connectivity index (χ1) is 14.6. The number of hydrogen-bond donors (Lipinski definition) is 7. The smallest absolute Gasteiger partial charge is 0.201 e. The zero-order valence-electron chi connectivity index (χ0n) is 16.3. The average molecular weight is 434 g/mol. The molecule has 1 saturated heterocycles. The Morgan fingerprint density at radius 1 is 0.839 bits per heavy atom. The second-order valence-electron chi connectivity index (χ2n) is 7.28. The molecular weight excluding hydrogens is 412 g/mol. The summed E-state index contributed by atoms with van der Waals surface area (Å²) < 4.78 is 4.58. The summed E-state index contributed by atoms with van der Waals surface area (Å²) in [5, 5.41) is 64.3. The Labute approximate surface area is 176 Å². The van der Waals surface area contributed by atoms with Gasteiger partial charge in [-0.2, -0.15) is 0 Å². The van der Waals surface area contributed by atoms with E-state index in [4.69, 9.17) is 25.5 Å². The first-order valence-corrected chi connectivity index (χ1v) is 9.32. The van der Waals surface area contributed by atoms with Crippen LogP contribution in [0, 0.1) is 6.92 Å². The first-order valence-electron chi connectivity index (χ1n) is 9.32. The minimum atomic E-state index is -1.57. The van der Waals surface area contributed by atoms with E-state index in [9.17, 15) is 19.8 Å². The van der Waals surface area contributed by atoms with Gasteiger partial charge >= 0.3 is 0 Å². The van der Waals surface area contributed by atoms with Crippen LogP contribution in [0.25, 0.3) is 0 Å². The van der Waals surface area contributed by atoms with Crippen LogP contribution < -0.4 is 0 Å². The number of aromatic hydroxyl groups is 2. The highest BCUT2D eigenvalue weighted by atomic mass is 16.6. The van der Waals surface area contributed by atoms with Crippen molar-refractivity contribution in [3.05, 3.63) is 58.1 Å². The van der Waals surface area contributed by atoms with Crippen molar-refractivity contribution in [2.75, 3.05) is 6.61 Å². The zero-order chi connectivity index (χ0) is 23.0. The van der Waals surface area contributed by atoms with Crippen LogP contribution in [0.5, 0.6) is 11.5 Å². The number of aryl methyl sites for hydroxylation is 1. The number of ketones is 2. The molecule has 0 aromatic heterocycles. The summed E-state index contributed by atoms with van der Waals surface area (Å²) in [6.45, 7) is 1.21. The van der Waals surface area contributed by atoms with Crippen molar-refractivity contribution in [2.24, 2.45) is 0 Å². The number of phenols is 2. The van der Waals surface area contributed by atoms with Crippen molar-refractivity contribution in [3.8, 4) is 11.5 Å². The van der Waals surface area contributed by atoms with Gasteiger partial charge in [-0.3, -0.25) is 9.59 Å². The van der Waals surface area contributed by atoms with Gasteiger partial charge in [-0.05, 0) is 30.7 Å². The summed E-state index contributed by atoms with van der Waals surface area (Å²) in [4.78, 5) is 24.7. The van der Waals surface area contributed by atoms with Crippen molar-refractivity contribution in [2.45, 2.75) is 37.6 Å². The molecule has 166 valence electrons. The van der Waals surface area contributed by atoms with Crippen LogP contribution in [0.15, 0.2) is 30.3 Å². The van der Waals surface area contributed by atoms with E-state index < -0.39 is 43.1 Å².